The number of para-hydroxylation sites is 1. The molecule has 106 valence electrons. The lowest BCUT2D eigenvalue weighted by atomic mass is 10.2. The molecule has 0 fully saturated rings. The van der Waals surface area contributed by atoms with Crippen molar-refractivity contribution in [3.63, 3.8) is 0 Å². The van der Waals surface area contributed by atoms with Crippen molar-refractivity contribution in [2.75, 3.05) is 13.7 Å². The number of nitrogens with zero attached hydrogens (tertiary/aromatic N) is 2. The van der Waals surface area contributed by atoms with E-state index in [1.54, 1.807) is 7.11 Å². The number of hydrogen-bond acceptors (Lipinski definition) is 5. The van der Waals surface area contributed by atoms with Gasteiger partial charge in [-0.2, -0.15) is 4.98 Å². The lowest BCUT2D eigenvalue weighted by Gasteiger charge is -2.03. The number of carbonyl (C=O) groups is 1. The second-order valence-corrected chi connectivity index (χ2v) is 4.17. The highest BCUT2D eigenvalue weighted by Crippen LogP contribution is 2.26. The second-order valence-electron chi connectivity index (χ2n) is 4.17. The first kappa shape index (κ1) is 14.0. The smallest absolute Gasteiger partial charge is 0.228 e. The predicted octanol–water partition coefficient (Wildman–Crippen LogP) is 1.81. The van der Waals surface area contributed by atoms with Gasteiger partial charge in [0.25, 0.3) is 0 Å². The molecular weight excluding hydrogens is 258 g/mol. The number of amides is 1. The maximum Gasteiger partial charge on any atom is 0.228 e. The first-order chi connectivity index (χ1) is 9.74. The molecule has 1 heterocycles. The fraction of sp³-hybridized carbons (Fsp3) is 0.357. The summed E-state index contributed by atoms with van der Waals surface area (Å²) in [6.07, 6.45) is 0.976. The van der Waals surface area contributed by atoms with Crippen LogP contribution in [-0.4, -0.2) is 29.7 Å². The van der Waals surface area contributed by atoms with E-state index >= 15 is 0 Å². The molecule has 20 heavy (non-hydrogen) atoms. The minimum atomic E-state index is 0.00877. The number of aromatic nitrogens is 2. The SMILES string of the molecule is CCC(=O)NCCc1nc(-c2ccccc2OC)no1. The van der Waals surface area contributed by atoms with Crippen LogP contribution in [0.1, 0.15) is 19.2 Å². The summed E-state index contributed by atoms with van der Waals surface area (Å²) < 4.78 is 10.4. The van der Waals surface area contributed by atoms with Crippen molar-refractivity contribution in [2.45, 2.75) is 19.8 Å². The number of ether oxygens (including phenoxy) is 1. The van der Waals surface area contributed by atoms with Gasteiger partial charge in [-0.15, -0.1) is 0 Å². The molecule has 1 aromatic carbocycles. The molecule has 0 aliphatic heterocycles. The normalized spacial score (nSPS) is 10.3. The number of hydrogen-bond donors (Lipinski definition) is 1. The molecule has 0 aliphatic rings. The zero-order chi connectivity index (χ0) is 14.4. The van der Waals surface area contributed by atoms with Gasteiger partial charge in [-0.3, -0.25) is 4.79 Å². The molecule has 0 spiro atoms. The Hall–Kier alpha value is -2.37. The van der Waals surface area contributed by atoms with Crippen LogP contribution in [0.4, 0.5) is 0 Å². The topological polar surface area (TPSA) is 77.2 Å². The Morgan fingerprint density at radius 3 is 2.95 bits per heavy atom. The minimum Gasteiger partial charge on any atom is -0.496 e. The fourth-order valence-electron chi connectivity index (χ4n) is 1.73. The van der Waals surface area contributed by atoms with Gasteiger partial charge in [-0.1, -0.05) is 24.2 Å². The van der Waals surface area contributed by atoms with Crippen LogP contribution in [0.3, 0.4) is 0 Å². The van der Waals surface area contributed by atoms with E-state index in [4.69, 9.17) is 9.26 Å². The number of carbonyl (C=O) groups excluding carboxylic acids is 1. The number of benzene rings is 1. The maximum absolute atomic E-state index is 11.1. The summed E-state index contributed by atoms with van der Waals surface area (Å²) in [6, 6.07) is 7.47. The van der Waals surface area contributed by atoms with E-state index in [0.717, 1.165) is 5.56 Å². The van der Waals surface area contributed by atoms with Crippen LogP contribution in [0.25, 0.3) is 11.4 Å². The van der Waals surface area contributed by atoms with E-state index in [1.165, 1.54) is 0 Å². The molecule has 0 atom stereocenters. The van der Waals surface area contributed by atoms with Crippen molar-refractivity contribution < 1.29 is 14.1 Å². The van der Waals surface area contributed by atoms with Gasteiger partial charge >= 0.3 is 0 Å². The van der Waals surface area contributed by atoms with Gasteiger partial charge in [0.15, 0.2) is 0 Å². The average Bonchev–Trinajstić information content (AvgIpc) is 2.95. The zero-order valence-corrected chi connectivity index (χ0v) is 11.5. The third-order valence-corrected chi connectivity index (χ3v) is 2.80. The van der Waals surface area contributed by atoms with Gasteiger partial charge in [-0.05, 0) is 12.1 Å². The van der Waals surface area contributed by atoms with Crippen LogP contribution in [0, 0.1) is 0 Å². The monoisotopic (exact) mass is 275 g/mol. The van der Waals surface area contributed by atoms with Crippen molar-refractivity contribution in [1.29, 1.82) is 0 Å². The summed E-state index contributed by atoms with van der Waals surface area (Å²) in [5.41, 5.74) is 0.780. The first-order valence-corrected chi connectivity index (χ1v) is 6.47. The van der Waals surface area contributed by atoms with Crippen LogP contribution < -0.4 is 10.1 Å². The largest absolute Gasteiger partial charge is 0.496 e. The van der Waals surface area contributed by atoms with Gasteiger partial charge in [0, 0.05) is 19.4 Å². The number of rotatable bonds is 6. The van der Waals surface area contributed by atoms with Crippen LogP contribution in [0.5, 0.6) is 5.75 Å². The van der Waals surface area contributed by atoms with E-state index in [1.807, 2.05) is 31.2 Å². The quantitative estimate of drug-likeness (QED) is 0.870. The van der Waals surface area contributed by atoms with Gasteiger partial charge < -0.3 is 14.6 Å². The Morgan fingerprint density at radius 1 is 1.40 bits per heavy atom. The third-order valence-electron chi connectivity index (χ3n) is 2.80. The van der Waals surface area contributed by atoms with Crippen LogP contribution in [0.15, 0.2) is 28.8 Å². The highest BCUT2D eigenvalue weighted by Gasteiger charge is 2.12. The molecular formula is C14H17N3O3. The molecule has 0 unspecified atom stereocenters. The van der Waals surface area contributed by atoms with Crippen molar-refractivity contribution in [2.24, 2.45) is 0 Å². The van der Waals surface area contributed by atoms with Crippen molar-refractivity contribution in [3.05, 3.63) is 30.2 Å². The molecule has 1 aromatic heterocycles. The Labute approximate surface area is 117 Å². The molecule has 6 nitrogen and oxygen atoms in total. The van der Waals surface area contributed by atoms with Gasteiger partial charge in [-0.25, -0.2) is 0 Å². The summed E-state index contributed by atoms with van der Waals surface area (Å²) in [5, 5.41) is 6.70. The fourth-order valence-corrected chi connectivity index (χ4v) is 1.73. The highest BCUT2D eigenvalue weighted by atomic mass is 16.5. The van der Waals surface area contributed by atoms with Gasteiger partial charge in [0.2, 0.25) is 17.6 Å². The van der Waals surface area contributed by atoms with Crippen LogP contribution in [-0.2, 0) is 11.2 Å². The second kappa shape index (κ2) is 6.70. The highest BCUT2D eigenvalue weighted by molar-refractivity contribution is 5.75. The molecule has 1 N–H and O–H groups in total. The van der Waals surface area contributed by atoms with Crippen LogP contribution in [0.2, 0.25) is 0 Å². The molecule has 6 heteroatoms. The van der Waals surface area contributed by atoms with Crippen molar-refractivity contribution >= 4 is 5.91 Å². The van der Waals surface area contributed by atoms with Crippen LogP contribution >= 0.6 is 0 Å². The van der Waals surface area contributed by atoms with E-state index in [9.17, 15) is 4.79 Å². The van der Waals surface area contributed by atoms with Gasteiger partial charge in [0.1, 0.15) is 5.75 Å². The zero-order valence-electron chi connectivity index (χ0n) is 11.5. The molecule has 2 rings (SSSR count). The third kappa shape index (κ3) is 3.34. The Balaban J connectivity index is 2.03. The number of nitrogens with one attached hydrogen (secondary N) is 1. The average molecular weight is 275 g/mol. The van der Waals surface area contributed by atoms with Crippen molar-refractivity contribution in [1.82, 2.24) is 15.5 Å². The van der Waals surface area contributed by atoms with E-state index in [2.05, 4.69) is 15.5 Å². The summed E-state index contributed by atoms with van der Waals surface area (Å²) in [5.74, 6) is 1.68. The molecule has 0 saturated carbocycles. The Morgan fingerprint density at radius 2 is 2.20 bits per heavy atom. The summed E-state index contributed by atoms with van der Waals surface area (Å²) in [7, 11) is 1.60. The molecule has 0 bridgehead atoms. The predicted molar refractivity (Wildman–Crippen MR) is 73.3 cm³/mol. The summed E-state index contributed by atoms with van der Waals surface area (Å²) >= 11 is 0. The molecule has 0 radical (unpaired) electrons. The lowest BCUT2D eigenvalue weighted by Crippen LogP contribution is -2.24. The summed E-state index contributed by atoms with van der Waals surface area (Å²) in [6.45, 7) is 2.29. The Kier molecular flexibility index (Phi) is 4.70. The lowest BCUT2D eigenvalue weighted by molar-refractivity contribution is -0.120. The van der Waals surface area contributed by atoms with Gasteiger partial charge in [0.05, 0.1) is 12.7 Å². The number of methoxy groups -OCH3 is 1. The van der Waals surface area contributed by atoms with Crippen molar-refractivity contribution in [3.8, 4) is 17.1 Å². The molecule has 0 saturated heterocycles. The maximum atomic E-state index is 11.1. The van der Waals surface area contributed by atoms with E-state index in [-0.39, 0.29) is 5.91 Å². The molecule has 1 amide bonds. The Bertz CT molecular complexity index is 581. The standard InChI is InChI=1S/C14H17N3O3/c1-3-12(18)15-9-8-13-16-14(17-20-13)10-6-4-5-7-11(10)19-2/h4-7H,3,8-9H2,1-2H3,(H,15,18). The summed E-state index contributed by atoms with van der Waals surface area (Å²) in [4.78, 5) is 15.4. The molecule has 2 aromatic rings. The molecule has 0 aliphatic carbocycles. The minimum absolute atomic E-state index is 0.00877. The first-order valence-electron chi connectivity index (χ1n) is 6.47. The van der Waals surface area contributed by atoms with E-state index in [0.29, 0.717) is 36.9 Å². The van der Waals surface area contributed by atoms with E-state index < -0.39 is 0 Å².